The van der Waals surface area contributed by atoms with E-state index in [4.69, 9.17) is 16.3 Å². The standard InChI is InChI=1S/C27H31ClN2O4/c1-2-34-27(33)22-9-6-16-29(17-22)25(31)21-12-15-24(19-7-4-3-5-8-19)30(18-21)26(32)20-10-13-23(28)14-11-20/h3-5,7-8,10-11,13-14,21-22,24H,2,6,9,12,15-18H2,1H3. The third kappa shape index (κ3) is 5.44. The van der Waals surface area contributed by atoms with Gasteiger partial charge in [-0.3, -0.25) is 14.4 Å². The van der Waals surface area contributed by atoms with Gasteiger partial charge in [0.2, 0.25) is 5.91 Å². The number of benzene rings is 2. The molecule has 0 aliphatic carbocycles. The molecule has 0 bridgehead atoms. The van der Waals surface area contributed by atoms with E-state index in [1.165, 1.54) is 0 Å². The van der Waals surface area contributed by atoms with Crippen LogP contribution in [0.15, 0.2) is 54.6 Å². The van der Waals surface area contributed by atoms with E-state index in [0.717, 1.165) is 18.4 Å². The molecule has 2 aromatic carbocycles. The first kappa shape index (κ1) is 24.3. The Morgan fingerprint density at radius 1 is 0.941 bits per heavy atom. The molecule has 180 valence electrons. The molecule has 2 aromatic rings. The summed E-state index contributed by atoms with van der Waals surface area (Å²) in [4.78, 5) is 42.9. The third-order valence-electron chi connectivity index (χ3n) is 6.82. The van der Waals surface area contributed by atoms with Gasteiger partial charge in [0.25, 0.3) is 5.91 Å². The average Bonchev–Trinajstić information content (AvgIpc) is 2.88. The number of carbonyl (C=O) groups excluding carboxylic acids is 3. The molecule has 2 aliphatic rings. The maximum atomic E-state index is 13.5. The highest BCUT2D eigenvalue weighted by atomic mass is 35.5. The molecule has 7 heteroatoms. The minimum Gasteiger partial charge on any atom is -0.466 e. The molecular weight excluding hydrogens is 452 g/mol. The Kier molecular flexibility index (Phi) is 7.88. The van der Waals surface area contributed by atoms with Crippen molar-refractivity contribution in [3.63, 3.8) is 0 Å². The fraction of sp³-hybridized carbons (Fsp3) is 0.444. The van der Waals surface area contributed by atoms with Gasteiger partial charge in [-0.2, -0.15) is 0 Å². The van der Waals surface area contributed by atoms with E-state index in [-0.39, 0.29) is 35.7 Å². The van der Waals surface area contributed by atoms with Gasteiger partial charge in [0.05, 0.1) is 24.5 Å². The van der Waals surface area contributed by atoms with Gasteiger partial charge >= 0.3 is 5.97 Å². The summed E-state index contributed by atoms with van der Waals surface area (Å²) >= 11 is 6.02. The average molecular weight is 483 g/mol. The van der Waals surface area contributed by atoms with Crippen LogP contribution >= 0.6 is 11.6 Å². The highest BCUT2D eigenvalue weighted by Gasteiger charge is 2.39. The van der Waals surface area contributed by atoms with Crippen molar-refractivity contribution in [2.24, 2.45) is 11.8 Å². The molecule has 3 unspecified atom stereocenters. The molecule has 0 saturated carbocycles. The molecule has 2 aliphatic heterocycles. The number of ether oxygens (including phenoxy) is 1. The van der Waals surface area contributed by atoms with Crippen LogP contribution in [0.5, 0.6) is 0 Å². The molecule has 6 nitrogen and oxygen atoms in total. The van der Waals surface area contributed by atoms with Gasteiger partial charge in [-0.05, 0) is 62.4 Å². The molecule has 2 saturated heterocycles. The minimum absolute atomic E-state index is 0.0226. The number of halogens is 1. The number of rotatable bonds is 5. The van der Waals surface area contributed by atoms with Crippen LogP contribution in [0.3, 0.4) is 0 Å². The second-order valence-corrected chi connectivity index (χ2v) is 9.48. The molecule has 0 N–H and O–H groups in total. The molecule has 0 aromatic heterocycles. The summed E-state index contributed by atoms with van der Waals surface area (Å²) in [7, 11) is 0. The fourth-order valence-corrected chi connectivity index (χ4v) is 5.19. The molecule has 0 spiro atoms. The summed E-state index contributed by atoms with van der Waals surface area (Å²) < 4.78 is 5.18. The highest BCUT2D eigenvalue weighted by Crippen LogP contribution is 2.36. The zero-order valence-corrected chi connectivity index (χ0v) is 20.2. The lowest BCUT2D eigenvalue weighted by Crippen LogP contribution is -2.50. The maximum Gasteiger partial charge on any atom is 0.310 e. The summed E-state index contributed by atoms with van der Waals surface area (Å²) in [6.45, 7) is 3.51. The molecule has 3 atom stereocenters. The minimum atomic E-state index is -0.294. The Labute approximate surface area is 205 Å². The van der Waals surface area contributed by atoms with E-state index in [9.17, 15) is 14.4 Å². The molecule has 0 radical (unpaired) electrons. The van der Waals surface area contributed by atoms with Crippen molar-refractivity contribution in [1.82, 2.24) is 9.80 Å². The van der Waals surface area contributed by atoms with Gasteiger partial charge in [0.15, 0.2) is 0 Å². The molecular formula is C27H31ClN2O4. The number of nitrogens with zero attached hydrogens (tertiary/aromatic N) is 2. The Balaban J connectivity index is 1.53. The van der Waals surface area contributed by atoms with Crippen LogP contribution in [0.1, 0.15) is 54.6 Å². The number of likely N-dealkylation sites (tertiary alicyclic amines) is 2. The lowest BCUT2D eigenvalue weighted by molar-refractivity contribution is -0.152. The first-order chi connectivity index (χ1) is 16.5. The number of hydrogen-bond acceptors (Lipinski definition) is 4. The predicted molar refractivity (Wildman–Crippen MR) is 130 cm³/mol. The second kappa shape index (κ2) is 11.0. The first-order valence-electron chi connectivity index (χ1n) is 12.0. The number of piperidine rings is 2. The zero-order chi connectivity index (χ0) is 24.1. The smallest absolute Gasteiger partial charge is 0.310 e. The van der Waals surface area contributed by atoms with E-state index >= 15 is 0 Å². The highest BCUT2D eigenvalue weighted by molar-refractivity contribution is 6.30. The Morgan fingerprint density at radius 2 is 1.68 bits per heavy atom. The Hall–Kier alpha value is -2.86. The maximum absolute atomic E-state index is 13.5. The van der Waals surface area contributed by atoms with E-state index in [1.54, 1.807) is 36.1 Å². The van der Waals surface area contributed by atoms with E-state index in [2.05, 4.69) is 0 Å². The van der Waals surface area contributed by atoms with Crippen molar-refractivity contribution in [2.75, 3.05) is 26.2 Å². The van der Waals surface area contributed by atoms with Crippen LogP contribution < -0.4 is 0 Å². The van der Waals surface area contributed by atoms with Crippen molar-refractivity contribution in [2.45, 2.75) is 38.6 Å². The number of esters is 1. The Bertz CT molecular complexity index is 1010. The number of amides is 2. The third-order valence-corrected chi connectivity index (χ3v) is 7.07. The number of carbonyl (C=O) groups is 3. The van der Waals surface area contributed by atoms with Gasteiger partial charge in [-0.15, -0.1) is 0 Å². The molecule has 4 rings (SSSR count). The summed E-state index contributed by atoms with van der Waals surface area (Å²) in [6.07, 6.45) is 2.92. The van der Waals surface area contributed by atoms with Gasteiger partial charge in [0.1, 0.15) is 0 Å². The van der Waals surface area contributed by atoms with Gasteiger partial charge in [0, 0.05) is 30.2 Å². The van der Waals surface area contributed by atoms with E-state index in [0.29, 0.717) is 49.7 Å². The first-order valence-corrected chi connectivity index (χ1v) is 12.4. The van der Waals surface area contributed by atoms with E-state index < -0.39 is 0 Å². The normalized spacial score (nSPS) is 22.8. The van der Waals surface area contributed by atoms with Crippen LogP contribution in [0.4, 0.5) is 0 Å². The lowest BCUT2D eigenvalue weighted by Gasteiger charge is -2.42. The van der Waals surface area contributed by atoms with Crippen LogP contribution in [0.2, 0.25) is 5.02 Å². The topological polar surface area (TPSA) is 66.9 Å². The molecule has 34 heavy (non-hydrogen) atoms. The van der Waals surface area contributed by atoms with Crippen LogP contribution in [0.25, 0.3) is 0 Å². The van der Waals surface area contributed by atoms with Crippen molar-refractivity contribution in [3.8, 4) is 0 Å². The SMILES string of the molecule is CCOC(=O)C1CCCN(C(=O)C2CCC(c3ccccc3)N(C(=O)c3ccc(Cl)cc3)C2)C1. The fourth-order valence-electron chi connectivity index (χ4n) is 5.06. The summed E-state index contributed by atoms with van der Waals surface area (Å²) in [5, 5.41) is 0.573. The van der Waals surface area contributed by atoms with Crippen LogP contribution in [-0.2, 0) is 14.3 Å². The zero-order valence-electron chi connectivity index (χ0n) is 19.5. The lowest BCUT2D eigenvalue weighted by atomic mass is 9.86. The van der Waals surface area contributed by atoms with Crippen molar-refractivity contribution < 1.29 is 19.1 Å². The van der Waals surface area contributed by atoms with Crippen LogP contribution in [-0.4, -0.2) is 53.8 Å². The van der Waals surface area contributed by atoms with E-state index in [1.807, 2.05) is 35.2 Å². The second-order valence-electron chi connectivity index (χ2n) is 9.04. The van der Waals surface area contributed by atoms with Gasteiger partial charge in [-0.1, -0.05) is 41.9 Å². The monoisotopic (exact) mass is 482 g/mol. The molecule has 2 heterocycles. The summed E-state index contributed by atoms with van der Waals surface area (Å²) in [5.74, 6) is -0.880. The number of hydrogen-bond donors (Lipinski definition) is 0. The molecule has 2 fully saturated rings. The van der Waals surface area contributed by atoms with Gasteiger partial charge < -0.3 is 14.5 Å². The van der Waals surface area contributed by atoms with Crippen molar-refractivity contribution >= 4 is 29.4 Å². The quantitative estimate of drug-likeness (QED) is 0.577. The van der Waals surface area contributed by atoms with Gasteiger partial charge in [-0.25, -0.2) is 0 Å². The van der Waals surface area contributed by atoms with Crippen molar-refractivity contribution in [1.29, 1.82) is 0 Å². The summed E-state index contributed by atoms with van der Waals surface area (Å²) in [5.41, 5.74) is 1.62. The summed E-state index contributed by atoms with van der Waals surface area (Å²) in [6, 6.07) is 16.8. The largest absolute Gasteiger partial charge is 0.466 e. The Morgan fingerprint density at radius 3 is 2.38 bits per heavy atom. The van der Waals surface area contributed by atoms with Crippen LogP contribution in [0, 0.1) is 11.8 Å². The predicted octanol–water partition coefficient (Wildman–Crippen LogP) is 4.74. The molecule has 2 amide bonds. The van der Waals surface area contributed by atoms with Crippen molar-refractivity contribution in [3.05, 3.63) is 70.7 Å².